The molecule has 1 fully saturated rings. The molecule has 1 heterocycles. The average molecular weight is 174 g/mol. The zero-order chi connectivity index (χ0) is 8.10. The van der Waals surface area contributed by atoms with Crippen molar-refractivity contribution in [3.63, 3.8) is 0 Å². The van der Waals surface area contributed by atoms with Crippen LogP contribution in [0, 0.1) is 0 Å². The van der Waals surface area contributed by atoms with Crippen molar-refractivity contribution < 1.29 is 4.79 Å². The Morgan fingerprint density at radius 2 is 1.73 bits per heavy atom. The summed E-state index contributed by atoms with van der Waals surface area (Å²) in [4.78, 5) is 10.5. The monoisotopic (exact) mass is 174 g/mol. The van der Waals surface area contributed by atoms with Crippen LogP contribution in [0.1, 0.15) is 25.7 Å². The summed E-state index contributed by atoms with van der Waals surface area (Å²) in [6.45, 7) is 2.02. The molecule has 1 aliphatic rings. The van der Waals surface area contributed by atoms with Gasteiger partial charge in [0.2, 0.25) is 0 Å². The maximum atomic E-state index is 10.5. The van der Waals surface area contributed by atoms with E-state index in [1.54, 1.807) is 0 Å². The van der Waals surface area contributed by atoms with Crippen molar-refractivity contribution in [2.75, 3.05) is 13.1 Å². The highest BCUT2D eigenvalue weighted by Crippen LogP contribution is 2.17. The normalized spacial score (nSPS) is 21.1. The molecule has 0 aromatic heterocycles. The van der Waals surface area contributed by atoms with E-state index in [2.05, 4.69) is 4.31 Å². The summed E-state index contributed by atoms with van der Waals surface area (Å²) in [5, 5.41) is -0.285. The van der Waals surface area contributed by atoms with Crippen molar-refractivity contribution in [3.05, 3.63) is 0 Å². The molecule has 64 valence electrons. The van der Waals surface area contributed by atoms with Gasteiger partial charge in [-0.1, -0.05) is 12.8 Å². The Morgan fingerprint density at radius 1 is 1.18 bits per heavy atom. The largest absolute Gasteiger partial charge is 0.359 e. The summed E-state index contributed by atoms with van der Waals surface area (Å²) in [5.41, 5.74) is 5.06. The smallest absolute Gasteiger partial charge is 0.291 e. The minimum atomic E-state index is -0.285. The van der Waals surface area contributed by atoms with Gasteiger partial charge in [-0.3, -0.25) is 4.79 Å². The number of hydrogen-bond donors (Lipinski definition) is 1. The number of hydrogen-bond acceptors (Lipinski definition) is 3. The molecule has 0 atom stereocenters. The Kier molecular flexibility index (Phi) is 3.72. The molecule has 1 aliphatic heterocycles. The zero-order valence-corrected chi connectivity index (χ0v) is 7.40. The molecule has 11 heavy (non-hydrogen) atoms. The van der Waals surface area contributed by atoms with Crippen molar-refractivity contribution in [2.45, 2.75) is 25.7 Å². The van der Waals surface area contributed by atoms with Crippen molar-refractivity contribution >= 4 is 17.2 Å². The third-order valence-corrected chi connectivity index (χ3v) is 2.59. The number of amides is 1. The van der Waals surface area contributed by atoms with Gasteiger partial charge in [0.25, 0.3) is 5.24 Å². The van der Waals surface area contributed by atoms with Crippen LogP contribution in [0.5, 0.6) is 0 Å². The van der Waals surface area contributed by atoms with Crippen LogP contribution in [0.3, 0.4) is 0 Å². The summed E-state index contributed by atoms with van der Waals surface area (Å²) in [5.74, 6) is 0. The van der Waals surface area contributed by atoms with E-state index in [0.29, 0.717) is 0 Å². The summed E-state index contributed by atoms with van der Waals surface area (Å²) in [6, 6.07) is 0. The number of primary amides is 1. The van der Waals surface area contributed by atoms with Gasteiger partial charge >= 0.3 is 0 Å². The predicted molar refractivity (Wildman–Crippen MR) is 47.2 cm³/mol. The molecule has 0 bridgehead atoms. The second-order valence-corrected chi connectivity index (χ2v) is 3.85. The van der Waals surface area contributed by atoms with Gasteiger partial charge in [-0.25, -0.2) is 4.31 Å². The third kappa shape index (κ3) is 3.62. The van der Waals surface area contributed by atoms with E-state index in [1.807, 2.05) is 0 Å². The highest BCUT2D eigenvalue weighted by Gasteiger charge is 2.11. The van der Waals surface area contributed by atoms with E-state index >= 15 is 0 Å². The number of nitrogens with zero attached hydrogens (tertiary/aromatic N) is 1. The maximum Gasteiger partial charge on any atom is 0.291 e. The van der Waals surface area contributed by atoms with Crippen molar-refractivity contribution in [1.82, 2.24) is 4.31 Å². The van der Waals surface area contributed by atoms with E-state index < -0.39 is 0 Å². The van der Waals surface area contributed by atoms with Gasteiger partial charge in [0, 0.05) is 25.0 Å². The van der Waals surface area contributed by atoms with Crippen molar-refractivity contribution in [1.29, 1.82) is 0 Å². The standard InChI is InChI=1S/C7H14N2OS/c8-7(10)11-9-5-3-1-2-4-6-9/h1-6H2,(H2,8,10). The van der Waals surface area contributed by atoms with Crippen LogP contribution >= 0.6 is 11.9 Å². The second kappa shape index (κ2) is 4.62. The van der Waals surface area contributed by atoms with E-state index in [9.17, 15) is 4.79 Å². The molecule has 0 spiro atoms. The van der Waals surface area contributed by atoms with Crippen LogP contribution in [0.2, 0.25) is 0 Å². The van der Waals surface area contributed by atoms with Gasteiger partial charge in [0.05, 0.1) is 0 Å². The lowest BCUT2D eigenvalue weighted by molar-refractivity contribution is 0.266. The Bertz CT molecular complexity index is 132. The van der Waals surface area contributed by atoms with Gasteiger partial charge < -0.3 is 5.73 Å². The van der Waals surface area contributed by atoms with Gasteiger partial charge in [-0.2, -0.15) is 0 Å². The third-order valence-electron chi connectivity index (χ3n) is 1.78. The Morgan fingerprint density at radius 3 is 2.18 bits per heavy atom. The summed E-state index contributed by atoms with van der Waals surface area (Å²) >= 11 is 1.16. The molecule has 0 radical (unpaired) electrons. The lowest BCUT2D eigenvalue weighted by atomic mass is 10.2. The summed E-state index contributed by atoms with van der Waals surface area (Å²) in [7, 11) is 0. The SMILES string of the molecule is NC(=O)SN1CCCCCC1. The number of rotatable bonds is 1. The molecular formula is C7H14N2OS. The second-order valence-electron chi connectivity index (χ2n) is 2.75. The Balaban J connectivity index is 2.25. The van der Waals surface area contributed by atoms with E-state index in [-0.39, 0.29) is 5.24 Å². The van der Waals surface area contributed by atoms with Crippen LogP contribution in [-0.4, -0.2) is 22.6 Å². The highest BCUT2D eigenvalue weighted by atomic mass is 32.2. The number of nitrogens with two attached hydrogens (primary N) is 1. The molecule has 0 saturated carbocycles. The fourth-order valence-corrected chi connectivity index (χ4v) is 1.96. The molecule has 0 aliphatic carbocycles. The van der Waals surface area contributed by atoms with E-state index in [1.165, 1.54) is 25.7 Å². The van der Waals surface area contributed by atoms with Crippen molar-refractivity contribution in [3.8, 4) is 0 Å². The van der Waals surface area contributed by atoms with Gasteiger partial charge in [0.1, 0.15) is 0 Å². The minimum absolute atomic E-state index is 0.285. The Hall–Kier alpha value is -0.220. The fourth-order valence-electron chi connectivity index (χ4n) is 1.26. The number of carbonyl (C=O) groups excluding carboxylic acids is 1. The summed E-state index contributed by atoms with van der Waals surface area (Å²) < 4.78 is 2.06. The zero-order valence-electron chi connectivity index (χ0n) is 6.58. The van der Waals surface area contributed by atoms with Crippen LogP contribution in [0.15, 0.2) is 0 Å². The molecular weight excluding hydrogens is 160 g/mol. The van der Waals surface area contributed by atoms with E-state index in [4.69, 9.17) is 5.73 Å². The molecule has 4 heteroatoms. The molecule has 3 nitrogen and oxygen atoms in total. The molecule has 2 N–H and O–H groups in total. The number of carbonyl (C=O) groups is 1. The van der Waals surface area contributed by atoms with Gasteiger partial charge in [-0.15, -0.1) is 0 Å². The lowest BCUT2D eigenvalue weighted by Gasteiger charge is -2.14. The Labute approximate surface area is 71.4 Å². The highest BCUT2D eigenvalue weighted by molar-refractivity contribution is 8.11. The maximum absolute atomic E-state index is 10.5. The molecule has 1 saturated heterocycles. The van der Waals surface area contributed by atoms with Crippen LogP contribution < -0.4 is 5.73 Å². The van der Waals surface area contributed by atoms with E-state index in [0.717, 1.165) is 25.0 Å². The van der Waals surface area contributed by atoms with Crippen LogP contribution in [0.25, 0.3) is 0 Å². The lowest BCUT2D eigenvalue weighted by Crippen LogP contribution is -2.21. The van der Waals surface area contributed by atoms with Gasteiger partial charge in [0.15, 0.2) is 0 Å². The fraction of sp³-hybridized carbons (Fsp3) is 0.857. The molecule has 0 unspecified atom stereocenters. The molecule has 1 amide bonds. The minimum Gasteiger partial charge on any atom is -0.359 e. The topological polar surface area (TPSA) is 46.3 Å². The van der Waals surface area contributed by atoms with Crippen molar-refractivity contribution in [2.24, 2.45) is 5.73 Å². The van der Waals surface area contributed by atoms with Gasteiger partial charge in [-0.05, 0) is 12.8 Å². The first kappa shape index (κ1) is 8.87. The predicted octanol–water partition coefficient (Wildman–Crippen LogP) is 1.59. The first-order chi connectivity index (χ1) is 5.29. The molecule has 1 rings (SSSR count). The molecule has 0 aromatic rings. The van der Waals surface area contributed by atoms with Crippen LogP contribution in [0.4, 0.5) is 4.79 Å². The quantitative estimate of drug-likeness (QED) is 0.614. The first-order valence-electron chi connectivity index (χ1n) is 4.01. The first-order valence-corrected chi connectivity index (χ1v) is 4.79. The summed E-state index contributed by atoms with van der Waals surface area (Å²) in [6.07, 6.45) is 4.96. The molecule has 0 aromatic carbocycles. The van der Waals surface area contributed by atoms with Crippen LogP contribution in [-0.2, 0) is 0 Å². The average Bonchev–Trinajstić information content (AvgIpc) is 2.14.